The van der Waals surface area contributed by atoms with E-state index in [9.17, 15) is 4.39 Å². The Morgan fingerprint density at radius 2 is 2.29 bits per heavy atom. The summed E-state index contributed by atoms with van der Waals surface area (Å²) < 4.78 is 14.0. The van der Waals surface area contributed by atoms with Crippen LogP contribution >= 0.6 is 11.3 Å². The van der Waals surface area contributed by atoms with E-state index in [1.54, 1.807) is 18.4 Å². The molecule has 0 fully saturated rings. The summed E-state index contributed by atoms with van der Waals surface area (Å²) in [5.41, 5.74) is 1.63. The molecule has 0 atom stereocenters. The van der Waals surface area contributed by atoms with E-state index in [0.717, 1.165) is 27.3 Å². The van der Waals surface area contributed by atoms with Crippen molar-refractivity contribution in [3.63, 3.8) is 0 Å². The topological polar surface area (TPSA) is 24.9 Å². The van der Waals surface area contributed by atoms with Crippen LogP contribution in [0.3, 0.4) is 0 Å². The summed E-state index contributed by atoms with van der Waals surface area (Å²) in [5, 5.41) is 4.00. The number of thiazole rings is 1. The van der Waals surface area contributed by atoms with Crippen LogP contribution in [0.15, 0.2) is 12.1 Å². The maximum Gasteiger partial charge on any atom is 0.126 e. The molecule has 2 rings (SSSR count). The van der Waals surface area contributed by atoms with Gasteiger partial charge in [-0.2, -0.15) is 0 Å². The zero-order valence-corrected chi connectivity index (χ0v) is 8.91. The van der Waals surface area contributed by atoms with E-state index in [1.807, 2.05) is 6.92 Å². The third-order valence-electron chi connectivity index (χ3n) is 2.08. The number of rotatable bonds is 2. The maximum absolute atomic E-state index is 13.1. The molecular formula is C10H11FN2S. The van der Waals surface area contributed by atoms with Crippen molar-refractivity contribution >= 4 is 27.2 Å². The fourth-order valence-corrected chi connectivity index (χ4v) is 2.34. The van der Waals surface area contributed by atoms with E-state index in [4.69, 9.17) is 0 Å². The number of nitrogens with zero attached hydrogens (tertiary/aromatic N) is 1. The molecule has 0 amide bonds. The van der Waals surface area contributed by atoms with Gasteiger partial charge in [0.1, 0.15) is 11.3 Å². The largest absolute Gasteiger partial charge is 0.386 e. The quantitative estimate of drug-likeness (QED) is 0.824. The lowest BCUT2D eigenvalue weighted by molar-refractivity contribution is 0.630. The first-order valence-corrected chi connectivity index (χ1v) is 5.33. The van der Waals surface area contributed by atoms with Crippen LogP contribution in [0.4, 0.5) is 10.1 Å². The molecule has 74 valence electrons. The number of fused-ring (bicyclic) bond motifs is 1. The first-order valence-electron chi connectivity index (χ1n) is 4.51. The molecule has 1 heterocycles. The lowest BCUT2D eigenvalue weighted by Gasteiger charge is -2.00. The Morgan fingerprint density at radius 3 is 2.93 bits per heavy atom. The summed E-state index contributed by atoms with van der Waals surface area (Å²) in [6.45, 7) is 2.05. The molecule has 1 aromatic heterocycles. The molecule has 0 aliphatic rings. The third-order valence-corrected chi connectivity index (χ3v) is 3.22. The summed E-state index contributed by atoms with van der Waals surface area (Å²) in [7, 11) is 1.78. The maximum atomic E-state index is 13.1. The van der Waals surface area contributed by atoms with Crippen LogP contribution in [0.25, 0.3) is 10.2 Å². The molecule has 4 heteroatoms. The number of benzene rings is 1. The summed E-state index contributed by atoms with van der Waals surface area (Å²) >= 11 is 1.55. The van der Waals surface area contributed by atoms with E-state index in [-0.39, 0.29) is 5.82 Å². The highest BCUT2D eigenvalue weighted by Gasteiger charge is 2.08. The predicted molar refractivity (Wildman–Crippen MR) is 58.5 cm³/mol. The van der Waals surface area contributed by atoms with E-state index in [2.05, 4.69) is 10.3 Å². The molecule has 0 saturated heterocycles. The molecular weight excluding hydrogens is 199 g/mol. The Kier molecular flexibility index (Phi) is 2.37. The van der Waals surface area contributed by atoms with Crippen molar-refractivity contribution in [3.8, 4) is 0 Å². The minimum Gasteiger partial charge on any atom is -0.386 e. The van der Waals surface area contributed by atoms with Crippen LogP contribution < -0.4 is 5.32 Å². The van der Waals surface area contributed by atoms with Gasteiger partial charge in [-0.15, -0.1) is 11.3 Å². The molecule has 0 saturated carbocycles. The first-order chi connectivity index (χ1) is 6.74. The number of anilines is 1. The highest BCUT2D eigenvalue weighted by atomic mass is 32.1. The van der Waals surface area contributed by atoms with Crippen molar-refractivity contribution in [1.29, 1.82) is 0 Å². The summed E-state index contributed by atoms with van der Waals surface area (Å²) in [4.78, 5) is 4.43. The van der Waals surface area contributed by atoms with Gasteiger partial charge in [0.05, 0.1) is 15.4 Å². The second-order valence-corrected chi connectivity index (χ2v) is 4.13. The Hall–Kier alpha value is -1.16. The molecule has 2 nitrogen and oxygen atoms in total. The van der Waals surface area contributed by atoms with Gasteiger partial charge in [-0.3, -0.25) is 0 Å². The third kappa shape index (κ3) is 1.46. The van der Waals surface area contributed by atoms with Crippen LogP contribution in [0.1, 0.15) is 11.9 Å². The van der Waals surface area contributed by atoms with Gasteiger partial charge < -0.3 is 5.32 Å². The van der Waals surface area contributed by atoms with Crippen LogP contribution in [-0.4, -0.2) is 12.0 Å². The van der Waals surface area contributed by atoms with Gasteiger partial charge in [-0.1, -0.05) is 6.92 Å². The first kappa shape index (κ1) is 9.40. The number of hydrogen-bond acceptors (Lipinski definition) is 3. The molecule has 2 aromatic rings. The zero-order chi connectivity index (χ0) is 10.1. The lowest BCUT2D eigenvalue weighted by Crippen LogP contribution is -1.90. The fourth-order valence-electron chi connectivity index (χ4n) is 1.38. The normalized spacial score (nSPS) is 10.8. The second kappa shape index (κ2) is 3.53. The van der Waals surface area contributed by atoms with Crippen LogP contribution in [0, 0.1) is 5.82 Å². The highest BCUT2D eigenvalue weighted by Crippen LogP contribution is 2.29. The van der Waals surface area contributed by atoms with Crippen molar-refractivity contribution in [1.82, 2.24) is 4.98 Å². The molecule has 14 heavy (non-hydrogen) atoms. The Labute approximate surface area is 85.8 Å². The minimum absolute atomic E-state index is 0.215. The van der Waals surface area contributed by atoms with E-state index in [1.165, 1.54) is 12.1 Å². The van der Waals surface area contributed by atoms with Crippen LogP contribution in [-0.2, 0) is 6.42 Å². The second-order valence-electron chi connectivity index (χ2n) is 3.01. The molecule has 0 radical (unpaired) electrons. The molecule has 0 aliphatic heterocycles. The van der Waals surface area contributed by atoms with E-state index >= 15 is 0 Å². The lowest BCUT2D eigenvalue weighted by atomic mass is 10.3. The van der Waals surface area contributed by atoms with E-state index < -0.39 is 0 Å². The van der Waals surface area contributed by atoms with Crippen LogP contribution in [0.5, 0.6) is 0 Å². The Bertz CT molecular complexity index is 464. The SMILES string of the molecule is CCc1nc2c(NC)cc(F)cc2s1. The monoisotopic (exact) mass is 210 g/mol. The van der Waals surface area contributed by atoms with Gasteiger partial charge in [-0.25, -0.2) is 9.37 Å². The fraction of sp³-hybridized carbons (Fsp3) is 0.300. The molecule has 1 N–H and O–H groups in total. The Balaban J connectivity index is 2.71. The summed E-state index contributed by atoms with van der Waals surface area (Å²) in [6, 6.07) is 3.01. The highest BCUT2D eigenvalue weighted by molar-refractivity contribution is 7.18. The minimum atomic E-state index is -0.215. The predicted octanol–water partition coefficient (Wildman–Crippen LogP) is 3.04. The van der Waals surface area contributed by atoms with Gasteiger partial charge in [-0.05, 0) is 18.6 Å². The zero-order valence-electron chi connectivity index (χ0n) is 8.10. The van der Waals surface area contributed by atoms with Crippen molar-refractivity contribution in [2.75, 3.05) is 12.4 Å². The molecule has 0 unspecified atom stereocenters. The summed E-state index contributed by atoms with van der Waals surface area (Å²) in [5.74, 6) is -0.215. The van der Waals surface area contributed by atoms with Crippen molar-refractivity contribution < 1.29 is 4.39 Å². The standard InChI is InChI=1S/C10H11FN2S/c1-3-9-13-10-7(12-2)4-6(11)5-8(10)14-9/h4-5,12H,3H2,1-2H3. The number of aromatic nitrogens is 1. The van der Waals surface area contributed by atoms with Gasteiger partial charge in [0.25, 0.3) is 0 Å². The van der Waals surface area contributed by atoms with Crippen molar-refractivity contribution in [2.45, 2.75) is 13.3 Å². The number of halogens is 1. The number of hydrogen-bond donors (Lipinski definition) is 1. The smallest absolute Gasteiger partial charge is 0.126 e. The summed E-state index contributed by atoms with van der Waals surface area (Å²) in [6.07, 6.45) is 0.893. The molecule has 0 spiro atoms. The van der Waals surface area contributed by atoms with Crippen molar-refractivity contribution in [3.05, 3.63) is 23.0 Å². The van der Waals surface area contributed by atoms with Gasteiger partial charge in [0.2, 0.25) is 0 Å². The average Bonchev–Trinajstić information content (AvgIpc) is 2.59. The number of aryl methyl sites for hydroxylation is 1. The van der Waals surface area contributed by atoms with Gasteiger partial charge in [0, 0.05) is 7.05 Å². The van der Waals surface area contributed by atoms with Crippen LogP contribution in [0.2, 0.25) is 0 Å². The van der Waals surface area contributed by atoms with Crippen molar-refractivity contribution in [2.24, 2.45) is 0 Å². The van der Waals surface area contributed by atoms with Gasteiger partial charge in [0.15, 0.2) is 0 Å². The van der Waals surface area contributed by atoms with Gasteiger partial charge >= 0.3 is 0 Å². The average molecular weight is 210 g/mol. The molecule has 1 aromatic carbocycles. The Morgan fingerprint density at radius 1 is 1.50 bits per heavy atom. The van der Waals surface area contributed by atoms with E-state index in [0.29, 0.717) is 0 Å². The molecule has 0 aliphatic carbocycles. The molecule has 0 bridgehead atoms. The number of nitrogens with one attached hydrogen (secondary N) is 1.